The van der Waals surface area contributed by atoms with Gasteiger partial charge in [0, 0.05) is 12.1 Å². The lowest BCUT2D eigenvalue weighted by Crippen LogP contribution is -2.31. The summed E-state index contributed by atoms with van der Waals surface area (Å²) in [6.45, 7) is 7.75. The molecule has 3 atom stereocenters. The Kier molecular flexibility index (Phi) is 4.20. The van der Waals surface area contributed by atoms with Crippen LogP contribution in [0.2, 0.25) is 0 Å². The van der Waals surface area contributed by atoms with Crippen LogP contribution in [0.5, 0.6) is 0 Å². The second-order valence-corrected chi connectivity index (χ2v) is 4.66. The molecule has 0 saturated heterocycles. The Hall–Kier alpha value is -0.0800. The van der Waals surface area contributed by atoms with Crippen molar-refractivity contribution >= 4 is 0 Å². The van der Waals surface area contributed by atoms with Crippen LogP contribution in [0.4, 0.5) is 0 Å². The zero-order valence-electron chi connectivity index (χ0n) is 9.22. The van der Waals surface area contributed by atoms with Crippen LogP contribution < -0.4 is 11.1 Å². The molecule has 3 unspecified atom stereocenters. The maximum atomic E-state index is 5.95. The summed E-state index contributed by atoms with van der Waals surface area (Å²) in [7, 11) is 0. The van der Waals surface area contributed by atoms with Gasteiger partial charge in [-0.15, -0.1) is 0 Å². The maximum Gasteiger partial charge on any atom is 0.00990 e. The molecule has 0 radical (unpaired) electrons. The molecule has 0 aromatic heterocycles. The molecule has 1 aliphatic rings. The minimum atomic E-state index is 0.367. The fraction of sp³-hybridized carbons (Fsp3) is 1.00. The molecule has 0 spiro atoms. The van der Waals surface area contributed by atoms with Gasteiger partial charge in [0.2, 0.25) is 0 Å². The molecular formula is C11H24N2. The summed E-state index contributed by atoms with van der Waals surface area (Å²) in [6, 6.07) is 1.18. The molecule has 0 aliphatic heterocycles. The van der Waals surface area contributed by atoms with Gasteiger partial charge in [-0.3, -0.25) is 0 Å². The van der Waals surface area contributed by atoms with Crippen LogP contribution in [-0.2, 0) is 0 Å². The molecular weight excluding hydrogens is 160 g/mol. The molecule has 0 amide bonds. The second-order valence-electron chi connectivity index (χ2n) is 4.66. The number of hydrogen-bond donors (Lipinski definition) is 2. The molecule has 0 aromatic rings. The zero-order valence-corrected chi connectivity index (χ0v) is 9.22. The smallest absolute Gasteiger partial charge is 0.00990 e. The normalized spacial score (nSPS) is 29.3. The number of rotatable bonds is 6. The lowest BCUT2D eigenvalue weighted by atomic mass is 10.0. The van der Waals surface area contributed by atoms with E-state index in [0.29, 0.717) is 12.0 Å². The minimum absolute atomic E-state index is 0.367. The van der Waals surface area contributed by atoms with Crippen molar-refractivity contribution in [3.8, 4) is 0 Å². The summed E-state index contributed by atoms with van der Waals surface area (Å²) in [5, 5.41) is 3.56. The molecule has 78 valence electrons. The van der Waals surface area contributed by atoms with Gasteiger partial charge in [-0.2, -0.15) is 0 Å². The lowest BCUT2D eigenvalue weighted by Gasteiger charge is -2.15. The molecule has 13 heavy (non-hydrogen) atoms. The molecule has 0 bridgehead atoms. The Morgan fingerprint density at radius 1 is 1.46 bits per heavy atom. The van der Waals surface area contributed by atoms with Crippen molar-refractivity contribution < 1.29 is 0 Å². The highest BCUT2D eigenvalue weighted by Crippen LogP contribution is 2.32. The summed E-state index contributed by atoms with van der Waals surface area (Å²) in [6.07, 6.45) is 3.83. The minimum Gasteiger partial charge on any atom is -0.327 e. The van der Waals surface area contributed by atoms with Gasteiger partial charge >= 0.3 is 0 Å². The van der Waals surface area contributed by atoms with E-state index in [1.165, 1.54) is 12.8 Å². The summed E-state index contributed by atoms with van der Waals surface area (Å²) in [5.74, 6) is 1.57. The molecule has 0 aromatic carbocycles. The van der Waals surface area contributed by atoms with E-state index in [2.05, 4.69) is 26.1 Å². The highest BCUT2D eigenvalue weighted by Gasteiger charge is 2.34. The Labute approximate surface area is 82.3 Å². The van der Waals surface area contributed by atoms with E-state index in [1.807, 2.05) is 0 Å². The third kappa shape index (κ3) is 3.65. The largest absolute Gasteiger partial charge is 0.327 e. The molecule has 2 nitrogen and oxygen atoms in total. The van der Waals surface area contributed by atoms with E-state index in [-0.39, 0.29) is 0 Å². The van der Waals surface area contributed by atoms with Crippen LogP contribution in [0, 0.1) is 11.8 Å². The summed E-state index contributed by atoms with van der Waals surface area (Å²) < 4.78 is 0. The topological polar surface area (TPSA) is 38.0 Å². The quantitative estimate of drug-likeness (QED) is 0.660. The molecule has 1 saturated carbocycles. The van der Waals surface area contributed by atoms with Gasteiger partial charge in [0.15, 0.2) is 0 Å². The second kappa shape index (κ2) is 4.97. The third-order valence-electron chi connectivity index (χ3n) is 3.19. The summed E-state index contributed by atoms with van der Waals surface area (Å²) >= 11 is 0. The number of nitrogens with one attached hydrogen (secondary N) is 1. The summed E-state index contributed by atoms with van der Waals surface area (Å²) in [5.41, 5.74) is 5.95. The van der Waals surface area contributed by atoms with Crippen LogP contribution in [0.3, 0.4) is 0 Å². The Morgan fingerprint density at radius 2 is 2.15 bits per heavy atom. The van der Waals surface area contributed by atoms with Crippen LogP contribution in [0.15, 0.2) is 0 Å². The Bertz CT molecular complexity index is 145. The number of hydrogen-bond acceptors (Lipinski definition) is 2. The molecule has 0 heterocycles. The van der Waals surface area contributed by atoms with Crippen LogP contribution >= 0.6 is 0 Å². The summed E-state index contributed by atoms with van der Waals surface area (Å²) in [4.78, 5) is 0. The van der Waals surface area contributed by atoms with Gasteiger partial charge in [0.05, 0.1) is 0 Å². The lowest BCUT2D eigenvalue weighted by molar-refractivity contribution is 0.445. The molecule has 2 heteroatoms. The van der Waals surface area contributed by atoms with Crippen molar-refractivity contribution in [2.24, 2.45) is 17.6 Å². The first-order chi connectivity index (χ1) is 6.15. The van der Waals surface area contributed by atoms with Crippen molar-refractivity contribution in [1.82, 2.24) is 5.32 Å². The van der Waals surface area contributed by atoms with E-state index < -0.39 is 0 Å². The van der Waals surface area contributed by atoms with E-state index in [9.17, 15) is 0 Å². The van der Waals surface area contributed by atoms with Crippen molar-refractivity contribution in [2.45, 2.75) is 52.1 Å². The molecule has 1 rings (SSSR count). The van der Waals surface area contributed by atoms with E-state index >= 15 is 0 Å². The fourth-order valence-electron chi connectivity index (χ4n) is 1.72. The highest BCUT2D eigenvalue weighted by molar-refractivity contribution is 4.91. The van der Waals surface area contributed by atoms with Crippen molar-refractivity contribution in [3.05, 3.63) is 0 Å². The van der Waals surface area contributed by atoms with Crippen LogP contribution in [-0.4, -0.2) is 18.6 Å². The van der Waals surface area contributed by atoms with Gasteiger partial charge < -0.3 is 11.1 Å². The molecule has 3 N–H and O–H groups in total. The van der Waals surface area contributed by atoms with Crippen molar-refractivity contribution in [3.63, 3.8) is 0 Å². The molecule has 1 aliphatic carbocycles. The predicted octanol–water partition coefficient (Wildman–Crippen LogP) is 1.75. The average molecular weight is 184 g/mol. The van der Waals surface area contributed by atoms with E-state index in [4.69, 9.17) is 5.73 Å². The van der Waals surface area contributed by atoms with Gasteiger partial charge in [0.25, 0.3) is 0 Å². The standard InChI is InChI=1S/C11H24N2/c1-4-9-7-11(9)13-6-5-10(12)8(2)3/h8-11,13H,4-7,12H2,1-3H3. The van der Waals surface area contributed by atoms with Crippen molar-refractivity contribution in [2.75, 3.05) is 6.54 Å². The van der Waals surface area contributed by atoms with E-state index in [1.54, 1.807) is 0 Å². The molecule has 1 fully saturated rings. The zero-order chi connectivity index (χ0) is 9.84. The van der Waals surface area contributed by atoms with Crippen LogP contribution in [0.1, 0.15) is 40.0 Å². The van der Waals surface area contributed by atoms with Gasteiger partial charge in [0.1, 0.15) is 0 Å². The van der Waals surface area contributed by atoms with Crippen LogP contribution in [0.25, 0.3) is 0 Å². The van der Waals surface area contributed by atoms with Crippen molar-refractivity contribution in [1.29, 1.82) is 0 Å². The first kappa shape index (κ1) is 11.0. The first-order valence-electron chi connectivity index (χ1n) is 5.64. The van der Waals surface area contributed by atoms with Gasteiger partial charge in [-0.25, -0.2) is 0 Å². The Balaban J connectivity index is 1.96. The Morgan fingerprint density at radius 3 is 2.62 bits per heavy atom. The highest BCUT2D eigenvalue weighted by atomic mass is 15.0. The monoisotopic (exact) mass is 184 g/mol. The fourth-order valence-corrected chi connectivity index (χ4v) is 1.72. The first-order valence-corrected chi connectivity index (χ1v) is 5.64. The number of nitrogens with two attached hydrogens (primary N) is 1. The SMILES string of the molecule is CCC1CC1NCCC(N)C(C)C. The van der Waals surface area contributed by atoms with Gasteiger partial charge in [-0.05, 0) is 31.2 Å². The predicted molar refractivity (Wildman–Crippen MR) is 57.6 cm³/mol. The van der Waals surface area contributed by atoms with Gasteiger partial charge in [-0.1, -0.05) is 27.2 Å². The average Bonchev–Trinajstić information content (AvgIpc) is 2.83. The third-order valence-corrected chi connectivity index (χ3v) is 3.19. The maximum absolute atomic E-state index is 5.95. The van der Waals surface area contributed by atoms with E-state index in [0.717, 1.165) is 24.9 Å².